The Kier molecular flexibility index (Phi) is 5.67. The van der Waals surface area contributed by atoms with Gasteiger partial charge in [0, 0.05) is 26.7 Å². The zero-order valence-electron chi connectivity index (χ0n) is 14.9. The minimum atomic E-state index is 0.770. The molecule has 0 bridgehead atoms. The van der Waals surface area contributed by atoms with E-state index in [2.05, 4.69) is 62.4 Å². The van der Waals surface area contributed by atoms with Crippen LogP contribution in [0.3, 0.4) is 0 Å². The molecule has 5 nitrogen and oxygen atoms in total. The molecule has 1 heterocycles. The highest BCUT2D eigenvalue weighted by molar-refractivity contribution is 5.79. The van der Waals surface area contributed by atoms with Crippen molar-refractivity contribution in [3.8, 4) is 0 Å². The summed E-state index contributed by atoms with van der Waals surface area (Å²) >= 11 is 0. The van der Waals surface area contributed by atoms with Crippen LogP contribution >= 0.6 is 0 Å². The molecule has 130 valence electrons. The van der Waals surface area contributed by atoms with E-state index in [1.165, 1.54) is 11.1 Å². The summed E-state index contributed by atoms with van der Waals surface area (Å²) in [7, 11) is 1.80. The van der Waals surface area contributed by atoms with Crippen LogP contribution in [0.25, 0.3) is 11.0 Å². The van der Waals surface area contributed by atoms with Gasteiger partial charge in [-0.3, -0.25) is 4.99 Å². The van der Waals surface area contributed by atoms with E-state index in [1.807, 2.05) is 24.3 Å². The standard InChI is InChI=1S/C20H25N5/c1-16-24-18-11-6-7-12-19(18)25(16)14-8-13-22-20(21-2)23-15-17-9-4-3-5-10-17/h3-7,9-12H,8,13-15H2,1-2H3,(H2,21,22,23). The number of fused-ring (bicyclic) bond motifs is 1. The Balaban J connectivity index is 1.47. The molecule has 0 fully saturated rings. The smallest absolute Gasteiger partial charge is 0.191 e. The number of benzene rings is 2. The molecule has 0 aliphatic rings. The highest BCUT2D eigenvalue weighted by Crippen LogP contribution is 2.15. The summed E-state index contributed by atoms with van der Waals surface area (Å²) in [6, 6.07) is 18.6. The summed E-state index contributed by atoms with van der Waals surface area (Å²) < 4.78 is 2.27. The Hall–Kier alpha value is -2.82. The Morgan fingerprint density at radius 2 is 1.80 bits per heavy atom. The highest BCUT2D eigenvalue weighted by atomic mass is 15.2. The number of nitrogens with zero attached hydrogens (tertiary/aromatic N) is 3. The Morgan fingerprint density at radius 3 is 2.60 bits per heavy atom. The molecule has 25 heavy (non-hydrogen) atoms. The molecule has 5 heteroatoms. The lowest BCUT2D eigenvalue weighted by Crippen LogP contribution is -2.37. The number of guanidine groups is 1. The summed E-state index contributed by atoms with van der Waals surface area (Å²) in [4.78, 5) is 8.89. The van der Waals surface area contributed by atoms with E-state index in [4.69, 9.17) is 0 Å². The summed E-state index contributed by atoms with van der Waals surface area (Å²) in [5.41, 5.74) is 3.51. The lowest BCUT2D eigenvalue weighted by molar-refractivity contribution is 0.624. The molecule has 0 aliphatic carbocycles. The van der Waals surface area contributed by atoms with Crippen LogP contribution < -0.4 is 10.6 Å². The molecule has 0 radical (unpaired) electrons. The summed E-state index contributed by atoms with van der Waals surface area (Å²) in [6.07, 6.45) is 1.01. The minimum Gasteiger partial charge on any atom is -0.356 e. The number of hydrogen-bond acceptors (Lipinski definition) is 2. The van der Waals surface area contributed by atoms with Crippen LogP contribution in [0.1, 0.15) is 17.8 Å². The molecule has 2 N–H and O–H groups in total. The van der Waals surface area contributed by atoms with Crippen LogP contribution in [0, 0.1) is 6.92 Å². The van der Waals surface area contributed by atoms with Gasteiger partial charge in [0.05, 0.1) is 11.0 Å². The molecule has 0 saturated carbocycles. The van der Waals surface area contributed by atoms with Crippen molar-refractivity contribution in [2.45, 2.75) is 26.4 Å². The fourth-order valence-electron chi connectivity index (χ4n) is 2.92. The molecule has 0 aliphatic heterocycles. The van der Waals surface area contributed by atoms with Gasteiger partial charge >= 0.3 is 0 Å². The van der Waals surface area contributed by atoms with Crippen LogP contribution in [0.5, 0.6) is 0 Å². The first-order valence-electron chi connectivity index (χ1n) is 8.68. The second-order valence-corrected chi connectivity index (χ2v) is 5.99. The van der Waals surface area contributed by atoms with Crippen molar-refractivity contribution in [1.29, 1.82) is 0 Å². The molecule has 3 rings (SSSR count). The normalized spacial score (nSPS) is 11.7. The maximum atomic E-state index is 4.61. The second-order valence-electron chi connectivity index (χ2n) is 5.99. The monoisotopic (exact) mass is 335 g/mol. The van der Waals surface area contributed by atoms with Crippen LogP contribution in [-0.2, 0) is 13.1 Å². The van der Waals surface area contributed by atoms with E-state index in [0.717, 1.165) is 43.4 Å². The quantitative estimate of drug-likeness (QED) is 0.413. The molecule has 0 saturated heterocycles. The summed E-state index contributed by atoms with van der Waals surface area (Å²) in [5.74, 6) is 1.89. The van der Waals surface area contributed by atoms with E-state index in [9.17, 15) is 0 Å². The van der Waals surface area contributed by atoms with Crippen molar-refractivity contribution in [2.75, 3.05) is 13.6 Å². The Labute approximate surface area is 148 Å². The third-order valence-corrected chi connectivity index (χ3v) is 4.22. The third kappa shape index (κ3) is 4.38. The lowest BCUT2D eigenvalue weighted by Gasteiger charge is -2.12. The molecule has 0 unspecified atom stereocenters. The van der Waals surface area contributed by atoms with Crippen LogP contribution in [-0.4, -0.2) is 29.1 Å². The average Bonchev–Trinajstić information content (AvgIpc) is 2.97. The van der Waals surface area contributed by atoms with Gasteiger partial charge in [0.1, 0.15) is 5.82 Å². The van der Waals surface area contributed by atoms with Crippen molar-refractivity contribution < 1.29 is 0 Å². The van der Waals surface area contributed by atoms with Gasteiger partial charge in [-0.05, 0) is 31.0 Å². The van der Waals surface area contributed by atoms with E-state index in [0.29, 0.717) is 0 Å². The van der Waals surface area contributed by atoms with Gasteiger partial charge in [-0.1, -0.05) is 42.5 Å². The SMILES string of the molecule is CN=C(NCCCn1c(C)nc2ccccc21)NCc1ccccc1. The van der Waals surface area contributed by atoms with Crippen molar-refractivity contribution in [3.05, 3.63) is 66.0 Å². The predicted molar refractivity (Wildman–Crippen MR) is 104 cm³/mol. The number of imidazole rings is 1. The fraction of sp³-hybridized carbons (Fsp3) is 0.300. The summed E-state index contributed by atoms with van der Waals surface area (Å²) in [6.45, 7) is 4.63. The first-order chi connectivity index (χ1) is 12.3. The first-order valence-corrected chi connectivity index (χ1v) is 8.68. The Bertz CT molecular complexity index is 836. The lowest BCUT2D eigenvalue weighted by atomic mass is 10.2. The zero-order chi connectivity index (χ0) is 17.5. The number of aliphatic imine (C=N–C) groups is 1. The van der Waals surface area contributed by atoms with Crippen molar-refractivity contribution in [3.63, 3.8) is 0 Å². The highest BCUT2D eigenvalue weighted by Gasteiger charge is 2.06. The van der Waals surface area contributed by atoms with Crippen molar-refractivity contribution in [1.82, 2.24) is 20.2 Å². The van der Waals surface area contributed by atoms with Gasteiger partial charge in [-0.15, -0.1) is 0 Å². The number of hydrogen-bond donors (Lipinski definition) is 2. The number of para-hydroxylation sites is 2. The largest absolute Gasteiger partial charge is 0.356 e. The van der Waals surface area contributed by atoms with Gasteiger partial charge in [0.25, 0.3) is 0 Å². The number of aryl methyl sites for hydroxylation is 2. The number of aromatic nitrogens is 2. The van der Waals surface area contributed by atoms with Gasteiger partial charge in [-0.25, -0.2) is 4.98 Å². The topological polar surface area (TPSA) is 54.2 Å². The molecule has 0 spiro atoms. The maximum Gasteiger partial charge on any atom is 0.191 e. The minimum absolute atomic E-state index is 0.770. The van der Waals surface area contributed by atoms with E-state index >= 15 is 0 Å². The van der Waals surface area contributed by atoms with E-state index < -0.39 is 0 Å². The number of rotatable bonds is 6. The molecular formula is C20H25N5. The molecule has 3 aromatic rings. The molecule has 0 atom stereocenters. The van der Waals surface area contributed by atoms with E-state index in [1.54, 1.807) is 7.05 Å². The second kappa shape index (κ2) is 8.33. The fourth-order valence-corrected chi connectivity index (χ4v) is 2.92. The Morgan fingerprint density at radius 1 is 1.04 bits per heavy atom. The van der Waals surface area contributed by atoms with Gasteiger partial charge in [0.15, 0.2) is 5.96 Å². The van der Waals surface area contributed by atoms with Gasteiger partial charge in [0.2, 0.25) is 0 Å². The van der Waals surface area contributed by atoms with Gasteiger partial charge in [-0.2, -0.15) is 0 Å². The van der Waals surface area contributed by atoms with Crippen LogP contribution in [0.4, 0.5) is 0 Å². The van der Waals surface area contributed by atoms with E-state index in [-0.39, 0.29) is 0 Å². The average molecular weight is 335 g/mol. The van der Waals surface area contributed by atoms with Gasteiger partial charge < -0.3 is 15.2 Å². The molecular weight excluding hydrogens is 310 g/mol. The summed E-state index contributed by atoms with van der Waals surface area (Å²) in [5, 5.41) is 6.71. The third-order valence-electron chi connectivity index (χ3n) is 4.22. The molecule has 0 amide bonds. The zero-order valence-corrected chi connectivity index (χ0v) is 14.9. The van der Waals surface area contributed by atoms with Crippen LogP contribution in [0.15, 0.2) is 59.6 Å². The first kappa shape index (κ1) is 17.0. The van der Waals surface area contributed by atoms with Crippen molar-refractivity contribution in [2.24, 2.45) is 4.99 Å². The number of nitrogens with one attached hydrogen (secondary N) is 2. The van der Waals surface area contributed by atoms with Crippen LogP contribution in [0.2, 0.25) is 0 Å². The molecule has 2 aromatic carbocycles. The molecule has 1 aromatic heterocycles. The predicted octanol–water partition coefficient (Wildman–Crippen LogP) is 3.10. The maximum absolute atomic E-state index is 4.61. The van der Waals surface area contributed by atoms with Crippen molar-refractivity contribution >= 4 is 17.0 Å².